The predicted octanol–water partition coefficient (Wildman–Crippen LogP) is 5.28. The quantitative estimate of drug-likeness (QED) is 0.753. The Morgan fingerprint density at radius 1 is 1.14 bits per heavy atom. The van der Waals surface area contributed by atoms with Crippen LogP contribution in [-0.2, 0) is 0 Å². The lowest BCUT2D eigenvalue weighted by Crippen LogP contribution is -2.33. The monoisotopic (exact) mass is 297 g/mol. The summed E-state index contributed by atoms with van der Waals surface area (Å²) >= 11 is 0. The van der Waals surface area contributed by atoms with Gasteiger partial charge in [-0.1, -0.05) is 48.9 Å². The molecule has 0 radical (unpaired) electrons. The Morgan fingerprint density at radius 2 is 1.86 bits per heavy atom. The van der Waals surface area contributed by atoms with Gasteiger partial charge in [0.1, 0.15) is 0 Å². The SMILES string of the molecule is CCNC1CCC(CC2CC2/C(C)=C/c2ccccc2)CC1. The third kappa shape index (κ3) is 4.23. The van der Waals surface area contributed by atoms with Crippen LogP contribution in [0.25, 0.3) is 6.08 Å². The Balaban J connectivity index is 1.44. The molecule has 2 atom stereocenters. The number of benzene rings is 1. The molecule has 0 aliphatic heterocycles. The molecule has 0 heterocycles. The summed E-state index contributed by atoms with van der Waals surface area (Å²) in [5, 5.41) is 3.62. The molecule has 1 aromatic rings. The summed E-state index contributed by atoms with van der Waals surface area (Å²) in [6.45, 7) is 5.69. The minimum atomic E-state index is 0.802. The van der Waals surface area contributed by atoms with Gasteiger partial charge in [-0.3, -0.25) is 0 Å². The normalized spacial score (nSPS) is 32.0. The Bertz CT molecular complexity index is 482. The molecule has 0 bridgehead atoms. The van der Waals surface area contributed by atoms with Gasteiger partial charge >= 0.3 is 0 Å². The standard InChI is InChI=1S/C21H31N/c1-3-22-20-11-9-18(10-12-20)14-19-15-21(19)16(2)13-17-7-5-4-6-8-17/h4-8,13,18-22H,3,9-12,14-15H2,1-2H3/b16-13+. The minimum Gasteiger partial charge on any atom is -0.314 e. The van der Waals surface area contributed by atoms with Crippen molar-refractivity contribution in [2.24, 2.45) is 17.8 Å². The van der Waals surface area contributed by atoms with Crippen LogP contribution in [-0.4, -0.2) is 12.6 Å². The highest BCUT2D eigenvalue weighted by Crippen LogP contribution is 2.49. The molecule has 1 nitrogen and oxygen atoms in total. The lowest BCUT2D eigenvalue weighted by molar-refractivity contribution is 0.272. The lowest BCUT2D eigenvalue weighted by Gasteiger charge is -2.29. The summed E-state index contributed by atoms with van der Waals surface area (Å²) in [5.41, 5.74) is 2.95. The molecule has 0 aromatic heterocycles. The van der Waals surface area contributed by atoms with E-state index < -0.39 is 0 Å². The Labute approximate surface area is 136 Å². The largest absolute Gasteiger partial charge is 0.314 e. The summed E-state index contributed by atoms with van der Waals surface area (Å²) in [6, 6.07) is 11.6. The first-order valence-corrected chi connectivity index (χ1v) is 9.23. The summed E-state index contributed by atoms with van der Waals surface area (Å²) in [4.78, 5) is 0. The van der Waals surface area contributed by atoms with E-state index in [-0.39, 0.29) is 0 Å². The van der Waals surface area contributed by atoms with Gasteiger partial charge in [0.25, 0.3) is 0 Å². The van der Waals surface area contributed by atoms with Gasteiger partial charge in [-0.2, -0.15) is 0 Å². The molecule has 2 fully saturated rings. The molecule has 2 unspecified atom stereocenters. The van der Waals surface area contributed by atoms with Gasteiger partial charge < -0.3 is 5.32 Å². The van der Waals surface area contributed by atoms with Crippen LogP contribution in [0.3, 0.4) is 0 Å². The molecule has 22 heavy (non-hydrogen) atoms. The molecular weight excluding hydrogens is 266 g/mol. The maximum Gasteiger partial charge on any atom is 0.00671 e. The summed E-state index contributed by atoms with van der Waals surface area (Å²) in [7, 11) is 0. The number of rotatable bonds is 6. The first-order chi connectivity index (χ1) is 10.8. The Hall–Kier alpha value is -1.08. The first kappa shape index (κ1) is 15.8. The van der Waals surface area contributed by atoms with E-state index in [0.717, 1.165) is 30.3 Å². The number of allylic oxidation sites excluding steroid dienone is 1. The van der Waals surface area contributed by atoms with Crippen molar-refractivity contribution in [2.75, 3.05) is 6.54 Å². The Morgan fingerprint density at radius 3 is 2.55 bits per heavy atom. The second-order valence-corrected chi connectivity index (χ2v) is 7.41. The summed E-state index contributed by atoms with van der Waals surface area (Å²) < 4.78 is 0. The maximum absolute atomic E-state index is 3.62. The second kappa shape index (κ2) is 7.46. The molecule has 1 aromatic carbocycles. The topological polar surface area (TPSA) is 12.0 Å². The molecule has 1 N–H and O–H groups in total. The van der Waals surface area contributed by atoms with Crippen molar-refractivity contribution >= 4 is 6.08 Å². The van der Waals surface area contributed by atoms with Crippen molar-refractivity contribution < 1.29 is 0 Å². The third-order valence-corrected chi connectivity index (χ3v) is 5.68. The van der Waals surface area contributed by atoms with E-state index in [1.165, 1.54) is 44.1 Å². The van der Waals surface area contributed by atoms with Gasteiger partial charge in [-0.15, -0.1) is 0 Å². The van der Waals surface area contributed by atoms with E-state index in [0.29, 0.717) is 0 Å². The fourth-order valence-electron chi connectivity index (χ4n) is 4.30. The van der Waals surface area contributed by atoms with Gasteiger partial charge in [0.15, 0.2) is 0 Å². The lowest BCUT2D eigenvalue weighted by atomic mass is 9.82. The fraction of sp³-hybridized carbons (Fsp3) is 0.619. The second-order valence-electron chi connectivity index (χ2n) is 7.41. The van der Waals surface area contributed by atoms with Crippen LogP contribution in [0.15, 0.2) is 35.9 Å². The molecule has 2 aliphatic carbocycles. The number of hydrogen-bond donors (Lipinski definition) is 1. The van der Waals surface area contributed by atoms with Crippen molar-refractivity contribution in [2.45, 2.75) is 58.4 Å². The van der Waals surface area contributed by atoms with Gasteiger partial charge in [0.2, 0.25) is 0 Å². The zero-order valence-corrected chi connectivity index (χ0v) is 14.2. The van der Waals surface area contributed by atoms with E-state index in [9.17, 15) is 0 Å². The van der Waals surface area contributed by atoms with Gasteiger partial charge in [-0.05, 0) is 75.3 Å². The first-order valence-electron chi connectivity index (χ1n) is 9.23. The average Bonchev–Trinajstić information content (AvgIpc) is 3.30. The zero-order chi connectivity index (χ0) is 15.4. The highest BCUT2D eigenvalue weighted by atomic mass is 14.9. The van der Waals surface area contributed by atoms with Crippen molar-refractivity contribution in [3.8, 4) is 0 Å². The predicted molar refractivity (Wildman–Crippen MR) is 95.7 cm³/mol. The van der Waals surface area contributed by atoms with Crippen molar-refractivity contribution in [1.82, 2.24) is 5.32 Å². The molecule has 3 rings (SSSR count). The molecule has 2 saturated carbocycles. The molecule has 0 saturated heterocycles. The van der Waals surface area contributed by atoms with Crippen molar-refractivity contribution in [3.05, 3.63) is 41.5 Å². The molecule has 0 amide bonds. The molecular formula is C21H31N. The van der Waals surface area contributed by atoms with E-state index in [2.05, 4.69) is 55.6 Å². The third-order valence-electron chi connectivity index (χ3n) is 5.68. The highest BCUT2D eigenvalue weighted by Gasteiger charge is 2.39. The average molecular weight is 297 g/mol. The van der Waals surface area contributed by atoms with Crippen LogP contribution in [0.1, 0.15) is 57.9 Å². The van der Waals surface area contributed by atoms with Gasteiger partial charge in [0, 0.05) is 6.04 Å². The van der Waals surface area contributed by atoms with E-state index >= 15 is 0 Å². The summed E-state index contributed by atoms with van der Waals surface area (Å²) in [5.74, 6) is 2.83. The minimum absolute atomic E-state index is 0.802. The molecule has 1 heteroatoms. The number of nitrogens with one attached hydrogen (secondary N) is 1. The van der Waals surface area contributed by atoms with Gasteiger partial charge in [-0.25, -0.2) is 0 Å². The Kier molecular flexibility index (Phi) is 5.36. The van der Waals surface area contributed by atoms with Crippen LogP contribution < -0.4 is 5.32 Å². The van der Waals surface area contributed by atoms with E-state index in [1.54, 1.807) is 5.57 Å². The van der Waals surface area contributed by atoms with Crippen molar-refractivity contribution in [1.29, 1.82) is 0 Å². The van der Waals surface area contributed by atoms with E-state index in [4.69, 9.17) is 0 Å². The fourth-order valence-corrected chi connectivity index (χ4v) is 4.30. The number of hydrogen-bond acceptors (Lipinski definition) is 1. The van der Waals surface area contributed by atoms with Crippen LogP contribution in [0.4, 0.5) is 0 Å². The van der Waals surface area contributed by atoms with Crippen LogP contribution in [0, 0.1) is 17.8 Å². The summed E-state index contributed by atoms with van der Waals surface area (Å²) in [6.07, 6.45) is 11.0. The zero-order valence-electron chi connectivity index (χ0n) is 14.2. The smallest absolute Gasteiger partial charge is 0.00671 e. The van der Waals surface area contributed by atoms with Crippen molar-refractivity contribution in [3.63, 3.8) is 0 Å². The molecule has 0 spiro atoms. The highest BCUT2D eigenvalue weighted by molar-refractivity contribution is 5.53. The van der Waals surface area contributed by atoms with Crippen LogP contribution in [0.5, 0.6) is 0 Å². The van der Waals surface area contributed by atoms with E-state index in [1.807, 2.05) is 0 Å². The van der Waals surface area contributed by atoms with Crippen LogP contribution in [0.2, 0.25) is 0 Å². The van der Waals surface area contributed by atoms with Gasteiger partial charge in [0.05, 0.1) is 0 Å². The molecule has 120 valence electrons. The molecule has 2 aliphatic rings. The van der Waals surface area contributed by atoms with Crippen LogP contribution >= 0.6 is 0 Å². The maximum atomic E-state index is 3.62.